The molecule has 0 atom stereocenters. The molecule has 0 unspecified atom stereocenters. The van der Waals surface area contributed by atoms with Crippen LogP contribution in [0.3, 0.4) is 0 Å². The van der Waals surface area contributed by atoms with Gasteiger partial charge in [-0.1, -0.05) is 263 Å². The molecule has 9 rings (SSSR count). The largest absolute Gasteiger partial charge is 0.507 e. The van der Waals surface area contributed by atoms with Gasteiger partial charge >= 0.3 is 0 Å². The Balaban J connectivity index is 1.25. The first-order chi connectivity index (χ1) is 45.9. The van der Waals surface area contributed by atoms with Crippen LogP contribution >= 0.6 is 0 Å². The third-order valence-corrected chi connectivity index (χ3v) is 21.2. The fraction of sp³-hybridized carbons (Fsp3) is 0.478. The van der Waals surface area contributed by atoms with Gasteiger partial charge in [-0.05, 0) is 228 Å². The van der Waals surface area contributed by atoms with Gasteiger partial charge in [0.15, 0.2) is 0 Å². The van der Waals surface area contributed by atoms with Crippen LogP contribution in [0.1, 0.15) is 300 Å². The number of phenolic OH excluding ortho intramolecular Hbond substituents is 8. The number of hydrogen-bond donors (Lipinski definition) is 8. The van der Waals surface area contributed by atoms with Crippen LogP contribution in [-0.4, -0.2) is 40.9 Å². The predicted molar refractivity (Wildman–Crippen MR) is 415 cm³/mol. The Morgan fingerprint density at radius 1 is 0.150 bits per heavy atom. The van der Waals surface area contributed by atoms with Crippen molar-refractivity contribution in [3.63, 3.8) is 0 Å². The fourth-order valence-corrected chi connectivity index (χ4v) is 14.0. The van der Waals surface area contributed by atoms with Crippen molar-refractivity contribution in [1.29, 1.82) is 0 Å². The number of hydrogen-bond acceptors (Lipinski definition) is 8. The third-order valence-electron chi connectivity index (χ3n) is 21.2. The van der Waals surface area contributed by atoms with Crippen molar-refractivity contribution in [2.24, 2.45) is 0 Å². The highest BCUT2D eigenvalue weighted by Gasteiger charge is 2.31. The van der Waals surface area contributed by atoms with Crippen LogP contribution < -0.4 is 0 Å². The number of aromatic hydroxyl groups is 8. The molecular weight excluding hydrogens is 1230 g/mol. The smallest absolute Gasteiger partial charge is 0.122 e. The Kier molecular flexibility index (Phi) is 21.0. The molecule has 1 aliphatic carbocycles. The van der Waals surface area contributed by atoms with Crippen LogP contribution in [0.2, 0.25) is 0 Å². The van der Waals surface area contributed by atoms with Crippen LogP contribution in [0.15, 0.2) is 97.1 Å². The van der Waals surface area contributed by atoms with Gasteiger partial charge in [-0.2, -0.15) is 0 Å². The average Bonchev–Trinajstić information content (AvgIpc) is 0.790. The molecule has 536 valence electrons. The van der Waals surface area contributed by atoms with Crippen LogP contribution in [0.4, 0.5) is 0 Å². The second-order valence-corrected chi connectivity index (χ2v) is 37.9. The molecule has 8 N–H and O–H groups in total. The molecule has 0 heterocycles. The highest BCUT2D eigenvalue weighted by Crippen LogP contribution is 2.45. The molecule has 0 aromatic heterocycles. The summed E-state index contributed by atoms with van der Waals surface area (Å²) in [6.45, 7) is 52.0. The summed E-state index contributed by atoms with van der Waals surface area (Å²) in [6.07, 6.45) is 4.32. The molecule has 100 heavy (non-hydrogen) atoms. The van der Waals surface area contributed by atoms with E-state index in [2.05, 4.69) is 263 Å². The van der Waals surface area contributed by atoms with E-state index in [4.69, 9.17) is 0 Å². The first kappa shape index (κ1) is 76.3. The lowest BCUT2D eigenvalue weighted by Crippen LogP contribution is -2.15. The normalized spacial score (nSPS) is 14.6. The lowest BCUT2D eigenvalue weighted by molar-refractivity contribution is 0.447. The van der Waals surface area contributed by atoms with E-state index in [1.54, 1.807) is 0 Å². The molecular formula is C92H120O8. The third kappa shape index (κ3) is 17.2. The van der Waals surface area contributed by atoms with Crippen LogP contribution in [0.25, 0.3) is 0 Å². The summed E-state index contributed by atoms with van der Waals surface area (Å²) >= 11 is 0. The van der Waals surface area contributed by atoms with Gasteiger partial charge in [0, 0.05) is 25.7 Å². The van der Waals surface area contributed by atoms with Gasteiger partial charge in [0.2, 0.25) is 0 Å². The molecule has 0 saturated carbocycles. The number of benzene rings is 8. The monoisotopic (exact) mass is 1350 g/mol. The van der Waals surface area contributed by atoms with Gasteiger partial charge in [-0.25, -0.2) is 0 Å². The van der Waals surface area contributed by atoms with E-state index in [9.17, 15) is 40.9 Å². The minimum atomic E-state index is -0.304. The van der Waals surface area contributed by atoms with Crippen molar-refractivity contribution in [3.05, 3.63) is 231 Å². The number of phenols is 8. The second-order valence-electron chi connectivity index (χ2n) is 37.9. The molecule has 0 fully saturated rings. The van der Waals surface area contributed by atoms with Gasteiger partial charge in [0.05, 0.1) is 0 Å². The highest BCUT2D eigenvalue weighted by atomic mass is 16.3. The van der Waals surface area contributed by atoms with Crippen molar-refractivity contribution in [2.45, 2.75) is 287 Å². The Hall–Kier alpha value is -7.84. The van der Waals surface area contributed by atoms with Crippen molar-refractivity contribution in [2.75, 3.05) is 0 Å². The van der Waals surface area contributed by atoms with Crippen LogP contribution in [-0.2, 0) is 120 Å². The lowest BCUT2D eigenvalue weighted by Gasteiger charge is -2.26. The molecule has 16 bridgehead atoms. The molecule has 0 aliphatic heterocycles. The molecule has 8 aromatic rings. The first-order valence-corrected chi connectivity index (χ1v) is 36.7. The summed E-state index contributed by atoms with van der Waals surface area (Å²) in [5.41, 5.74) is 17.4. The standard InChI is InChI=1S/C92H120O8/c1-85(2,3)69-37-53-25-26-54-38-71(87(7,8)9)47-63(79(54)95)34-64-48-73(89(13,14)15)41-57(81(64)97)29-30-58-42-75(91(19,20)21)51-67(83(58)99)36-68-52-76(92(22,23)24)44-60(84(68)100)32-31-59-43-74(90(16,17)18)50-66(82(59)98)35-65-49-72(88(10,11)12)40-56(80(65)96)28-27-55-39-70(86(4,5)6)46-62(78(55)94)33-61(45-69)77(53)93/h37-52,93-100H,25-36H2,1-24H3. The molecule has 0 saturated heterocycles. The molecule has 0 radical (unpaired) electrons. The zero-order valence-corrected chi connectivity index (χ0v) is 65.3. The average molecular weight is 1350 g/mol. The summed E-state index contributed by atoms with van der Waals surface area (Å²) in [5.74, 6) is 1.24. The summed E-state index contributed by atoms with van der Waals surface area (Å²) in [5, 5.41) is 101. The van der Waals surface area contributed by atoms with Gasteiger partial charge in [-0.3, -0.25) is 0 Å². The molecule has 8 nitrogen and oxygen atoms in total. The lowest BCUT2D eigenvalue weighted by atomic mass is 9.80. The Morgan fingerprint density at radius 2 is 0.230 bits per heavy atom. The fourth-order valence-electron chi connectivity index (χ4n) is 14.0. The predicted octanol–water partition coefficient (Wildman–Crippen LogP) is 21.5. The maximum atomic E-state index is 12.6. The van der Waals surface area contributed by atoms with E-state index in [0.29, 0.717) is 95.9 Å². The molecule has 1 aliphatic rings. The zero-order chi connectivity index (χ0) is 74.3. The first-order valence-electron chi connectivity index (χ1n) is 36.7. The van der Waals surface area contributed by atoms with Gasteiger partial charge < -0.3 is 40.9 Å². The van der Waals surface area contributed by atoms with Crippen LogP contribution in [0, 0.1) is 0 Å². The Labute approximate surface area is 600 Å². The zero-order valence-electron chi connectivity index (χ0n) is 65.3. The molecule has 0 spiro atoms. The maximum absolute atomic E-state index is 12.6. The quantitative estimate of drug-likeness (QED) is 0.0744. The summed E-state index contributed by atoms with van der Waals surface area (Å²) in [4.78, 5) is 0. The number of aryl methyl sites for hydroxylation is 8. The van der Waals surface area contributed by atoms with Gasteiger partial charge in [-0.15, -0.1) is 0 Å². The summed E-state index contributed by atoms with van der Waals surface area (Å²) in [7, 11) is 0. The van der Waals surface area contributed by atoms with E-state index in [1.165, 1.54) is 0 Å². The van der Waals surface area contributed by atoms with E-state index in [0.717, 1.165) is 89.0 Å². The van der Waals surface area contributed by atoms with Gasteiger partial charge in [0.1, 0.15) is 46.0 Å². The molecule has 8 aromatic carbocycles. The number of rotatable bonds is 0. The van der Waals surface area contributed by atoms with E-state index >= 15 is 0 Å². The Morgan fingerprint density at radius 3 is 0.310 bits per heavy atom. The van der Waals surface area contributed by atoms with Crippen molar-refractivity contribution in [1.82, 2.24) is 0 Å². The number of fused-ring (bicyclic) bond motifs is 16. The minimum absolute atomic E-state index is 0.155. The SMILES string of the molecule is CC(C)(C)c1cc2c(O)c(c1)Cc1cc(C(C)(C)C)cc(c1O)CCc1cc(C(C)(C)C)cc(c1O)Cc1cc(C(C)(C)C)cc(c1O)CCc1cc(C(C)(C)C)cc(c1O)Cc1cc(C(C)(C)C)cc(c1O)CCc1cc(C(C)(C)C)cc(c1O)Cc1cc(C(C)(C)C)cc(c1O)CC2. The Bertz CT molecular complexity index is 3560. The highest BCUT2D eigenvalue weighted by molar-refractivity contribution is 5.59. The molecule has 8 heteroatoms. The van der Waals surface area contributed by atoms with Gasteiger partial charge in [0.25, 0.3) is 0 Å². The minimum Gasteiger partial charge on any atom is -0.507 e. The van der Waals surface area contributed by atoms with E-state index in [-0.39, 0.29) is 115 Å². The van der Waals surface area contributed by atoms with Crippen molar-refractivity contribution in [3.8, 4) is 46.0 Å². The maximum Gasteiger partial charge on any atom is 0.122 e. The van der Waals surface area contributed by atoms with E-state index < -0.39 is 0 Å². The van der Waals surface area contributed by atoms with E-state index in [1.807, 2.05) is 0 Å². The topological polar surface area (TPSA) is 162 Å². The molecule has 0 amide bonds. The summed E-state index contributed by atoms with van der Waals surface area (Å²) in [6, 6.07) is 33.3. The second kappa shape index (κ2) is 27.5. The van der Waals surface area contributed by atoms with Crippen molar-refractivity contribution < 1.29 is 40.9 Å². The van der Waals surface area contributed by atoms with Crippen molar-refractivity contribution >= 4 is 0 Å². The summed E-state index contributed by atoms with van der Waals surface area (Å²) < 4.78 is 0. The van der Waals surface area contributed by atoms with Crippen LogP contribution in [0.5, 0.6) is 46.0 Å².